The highest BCUT2D eigenvalue weighted by molar-refractivity contribution is 7.13. The van der Waals surface area contributed by atoms with Gasteiger partial charge in [-0.3, -0.25) is 4.79 Å². The predicted molar refractivity (Wildman–Crippen MR) is 54.1 cm³/mol. The summed E-state index contributed by atoms with van der Waals surface area (Å²) in [5.74, 6) is -1.40. The maximum atomic E-state index is 11.1. The zero-order chi connectivity index (χ0) is 11.4. The molecule has 0 spiro atoms. The molecule has 6 heteroatoms. The van der Waals surface area contributed by atoms with Gasteiger partial charge in [-0.05, 0) is 13.8 Å². The minimum absolute atomic E-state index is 0.0344. The van der Waals surface area contributed by atoms with E-state index in [2.05, 4.69) is 4.98 Å². The second-order valence-corrected chi connectivity index (χ2v) is 3.89. The molecule has 0 fully saturated rings. The van der Waals surface area contributed by atoms with Gasteiger partial charge in [0.25, 0.3) is 0 Å². The summed E-state index contributed by atoms with van der Waals surface area (Å²) in [6.07, 6.45) is 0.0344. The monoisotopic (exact) mass is 229 g/mol. The fourth-order valence-corrected chi connectivity index (χ4v) is 1.95. The Bertz CT molecular complexity index is 385. The molecule has 0 aliphatic rings. The summed E-state index contributed by atoms with van der Waals surface area (Å²) in [6, 6.07) is 0. The van der Waals surface area contributed by atoms with Crippen molar-refractivity contribution < 1.29 is 19.4 Å². The van der Waals surface area contributed by atoms with E-state index in [4.69, 9.17) is 9.84 Å². The van der Waals surface area contributed by atoms with Crippen LogP contribution in [0.1, 0.15) is 27.3 Å². The van der Waals surface area contributed by atoms with Crippen molar-refractivity contribution in [2.75, 3.05) is 6.61 Å². The minimum atomic E-state index is -1.01. The molecule has 1 N–H and O–H groups in total. The lowest BCUT2D eigenvalue weighted by Crippen LogP contribution is -2.07. The highest BCUT2D eigenvalue weighted by Crippen LogP contribution is 2.18. The summed E-state index contributed by atoms with van der Waals surface area (Å²) < 4.78 is 4.74. The maximum Gasteiger partial charge on any atom is 0.347 e. The van der Waals surface area contributed by atoms with Crippen molar-refractivity contribution >= 4 is 23.3 Å². The lowest BCUT2D eigenvalue weighted by Gasteiger charge is -1.97. The van der Waals surface area contributed by atoms with E-state index in [1.165, 1.54) is 0 Å². The highest BCUT2D eigenvalue weighted by atomic mass is 32.1. The van der Waals surface area contributed by atoms with Crippen molar-refractivity contribution in [3.8, 4) is 0 Å². The lowest BCUT2D eigenvalue weighted by molar-refractivity contribution is -0.142. The first kappa shape index (κ1) is 11.6. The predicted octanol–water partition coefficient (Wildman–Crippen LogP) is 1.26. The van der Waals surface area contributed by atoms with Crippen LogP contribution in [0.25, 0.3) is 0 Å². The van der Waals surface area contributed by atoms with E-state index in [-0.39, 0.29) is 17.3 Å². The molecule has 0 amide bonds. The fourth-order valence-electron chi connectivity index (χ4n) is 1.06. The molecular weight excluding hydrogens is 218 g/mol. The smallest absolute Gasteiger partial charge is 0.347 e. The molecular formula is C9H11NO4S. The largest absolute Gasteiger partial charge is 0.477 e. The van der Waals surface area contributed by atoms with E-state index < -0.39 is 5.97 Å². The number of hydrogen-bond donors (Lipinski definition) is 1. The van der Waals surface area contributed by atoms with Gasteiger partial charge in [0.05, 0.1) is 18.7 Å². The van der Waals surface area contributed by atoms with Crippen LogP contribution in [0.15, 0.2) is 0 Å². The lowest BCUT2D eigenvalue weighted by atomic mass is 10.4. The zero-order valence-corrected chi connectivity index (χ0v) is 9.26. The van der Waals surface area contributed by atoms with E-state index in [0.717, 1.165) is 11.3 Å². The second-order valence-electron chi connectivity index (χ2n) is 2.81. The topological polar surface area (TPSA) is 76.5 Å². The second kappa shape index (κ2) is 4.88. The first-order valence-electron chi connectivity index (χ1n) is 4.39. The number of carbonyl (C=O) groups excluding carboxylic acids is 1. The van der Waals surface area contributed by atoms with Gasteiger partial charge in [0.2, 0.25) is 0 Å². The summed E-state index contributed by atoms with van der Waals surface area (Å²) >= 11 is 1.01. The standard InChI is InChI=1S/C9H11NO4S/c1-3-14-7(11)4-6-10-5(2)8(15-6)9(12)13/h3-4H2,1-2H3,(H,12,13). The molecule has 0 bridgehead atoms. The third kappa shape index (κ3) is 3.02. The van der Waals surface area contributed by atoms with Gasteiger partial charge in [0, 0.05) is 0 Å². The Balaban J connectivity index is 2.75. The van der Waals surface area contributed by atoms with E-state index >= 15 is 0 Å². The molecule has 0 aromatic carbocycles. The van der Waals surface area contributed by atoms with Crippen LogP contribution < -0.4 is 0 Å². The van der Waals surface area contributed by atoms with Crippen LogP contribution >= 0.6 is 11.3 Å². The van der Waals surface area contributed by atoms with Crippen LogP contribution in [0.2, 0.25) is 0 Å². The highest BCUT2D eigenvalue weighted by Gasteiger charge is 2.16. The van der Waals surface area contributed by atoms with Gasteiger partial charge in [-0.2, -0.15) is 0 Å². The number of carboxylic acids is 1. The van der Waals surface area contributed by atoms with Crippen LogP contribution in [0.4, 0.5) is 0 Å². The van der Waals surface area contributed by atoms with Gasteiger partial charge >= 0.3 is 11.9 Å². The molecule has 0 aliphatic carbocycles. The normalized spacial score (nSPS) is 10.0. The molecule has 0 saturated heterocycles. The number of aromatic carboxylic acids is 1. The number of aryl methyl sites for hydroxylation is 1. The van der Waals surface area contributed by atoms with Crippen molar-refractivity contribution in [3.63, 3.8) is 0 Å². The van der Waals surface area contributed by atoms with Crippen LogP contribution in [0.3, 0.4) is 0 Å². The molecule has 82 valence electrons. The quantitative estimate of drug-likeness (QED) is 0.786. The average molecular weight is 229 g/mol. The average Bonchev–Trinajstić information content (AvgIpc) is 2.47. The molecule has 15 heavy (non-hydrogen) atoms. The summed E-state index contributed by atoms with van der Waals surface area (Å²) in [5.41, 5.74) is 0.437. The SMILES string of the molecule is CCOC(=O)Cc1nc(C)c(C(=O)O)s1. The number of esters is 1. The maximum absolute atomic E-state index is 11.1. The Kier molecular flexibility index (Phi) is 3.79. The Morgan fingerprint density at radius 2 is 2.20 bits per heavy atom. The van der Waals surface area contributed by atoms with Crippen LogP contribution in [0, 0.1) is 6.92 Å². The number of hydrogen-bond acceptors (Lipinski definition) is 5. The van der Waals surface area contributed by atoms with Gasteiger partial charge < -0.3 is 9.84 Å². The number of carboxylic acid groups (broad SMARTS) is 1. The van der Waals surface area contributed by atoms with Gasteiger partial charge in [-0.1, -0.05) is 0 Å². The van der Waals surface area contributed by atoms with E-state index in [1.807, 2.05) is 0 Å². The van der Waals surface area contributed by atoms with Crippen LogP contribution in [0.5, 0.6) is 0 Å². The molecule has 1 heterocycles. The van der Waals surface area contributed by atoms with Crippen molar-refractivity contribution in [2.45, 2.75) is 20.3 Å². The molecule has 0 atom stereocenters. The Hall–Kier alpha value is -1.43. The van der Waals surface area contributed by atoms with E-state index in [9.17, 15) is 9.59 Å². The van der Waals surface area contributed by atoms with Gasteiger partial charge in [0.15, 0.2) is 0 Å². The number of ether oxygens (including phenoxy) is 1. The first-order chi connectivity index (χ1) is 7.04. The molecule has 1 rings (SSSR count). The van der Waals surface area contributed by atoms with E-state index in [0.29, 0.717) is 17.3 Å². The van der Waals surface area contributed by atoms with Crippen molar-refractivity contribution in [3.05, 3.63) is 15.6 Å². The molecule has 0 aliphatic heterocycles. The van der Waals surface area contributed by atoms with Crippen molar-refractivity contribution in [1.29, 1.82) is 0 Å². The molecule has 5 nitrogen and oxygen atoms in total. The number of carbonyl (C=O) groups is 2. The minimum Gasteiger partial charge on any atom is -0.477 e. The molecule has 0 radical (unpaired) electrons. The van der Waals surface area contributed by atoms with Gasteiger partial charge in [0.1, 0.15) is 9.88 Å². The summed E-state index contributed by atoms with van der Waals surface area (Å²) in [7, 11) is 0. The number of aromatic nitrogens is 1. The molecule has 1 aromatic rings. The molecule has 1 aromatic heterocycles. The number of nitrogens with zero attached hydrogens (tertiary/aromatic N) is 1. The van der Waals surface area contributed by atoms with Crippen LogP contribution in [-0.2, 0) is 16.0 Å². The molecule has 0 saturated carbocycles. The number of thiazole rings is 1. The third-order valence-corrected chi connectivity index (χ3v) is 2.78. The third-order valence-electron chi connectivity index (χ3n) is 1.64. The summed E-state index contributed by atoms with van der Waals surface area (Å²) in [4.78, 5) is 26.0. The Labute approximate surface area is 90.7 Å². The van der Waals surface area contributed by atoms with Gasteiger partial charge in [-0.15, -0.1) is 11.3 Å². The summed E-state index contributed by atoms with van der Waals surface area (Å²) in [6.45, 7) is 3.64. The first-order valence-corrected chi connectivity index (χ1v) is 5.21. The van der Waals surface area contributed by atoms with Gasteiger partial charge in [-0.25, -0.2) is 9.78 Å². The zero-order valence-electron chi connectivity index (χ0n) is 8.44. The van der Waals surface area contributed by atoms with Crippen molar-refractivity contribution in [2.24, 2.45) is 0 Å². The van der Waals surface area contributed by atoms with Crippen molar-refractivity contribution in [1.82, 2.24) is 4.98 Å². The Morgan fingerprint density at radius 1 is 1.53 bits per heavy atom. The summed E-state index contributed by atoms with van der Waals surface area (Å²) in [5, 5.41) is 9.25. The Morgan fingerprint density at radius 3 is 2.67 bits per heavy atom. The number of rotatable bonds is 4. The van der Waals surface area contributed by atoms with E-state index in [1.54, 1.807) is 13.8 Å². The van der Waals surface area contributed by atoms with Crippen LogP contribution in [-0.4, -0.2) is 28.6 Å². The molecule has 0 unspecified atom stereocenters. The fraction of sp³-hybridized carbons (Fsp3) is 0.444.